The van der Waals surface area contributed by atoms with E-state index in [0.29, 0.717) is 17.0 Å². The molecule has 0 saturated heterocycles. The Hall–Kier alpha value is -1.85. The lowest BCUT2D eigenvalue weighted by Gasteiger charge is -2.38. The molecule has 24 heavy (non-hydrogen) atoms. The fraction of sp³-hybridized carbons (Fsp3) is 0.278. The van der Waals surface area contributed by atoms with Crippen LogP contribution in [0.5, 0.6) is 0 Å². The number of aliphatic hydroxyl groups excluding tert-OH is 1. The highest BCUT2D eigenvalue weighted by molar-refractivity contribution is 6.30. The van der Waals surface area contributed by atoms with E-state index >= 15 is 0 Å². The summed E-state index contributed by atoms with van der Waals surface area (Å²) in [6.45, 7) is 0. The topological polar surface area (TPSA) is 37.3 Å². The molecule has 1 N–H and O–H groups in total. The zero-order chi connectivity index (χ0) is 17.5. The molecule has 2 aromatic carbocycles. The van der Waals surface area contributed by atoms with Gasteiger partial charge in [-0.1, -0.05) is 35.9 Å². The van der Waals surface area contributed by atoms with Crippen molar-refractivity contribution in [3.63, 3.8) is 0 Å². The molecule has 0 aromatic heterocycles. The maximum Gasteiger partial charge on any atom is 0.416 e. The first kappa shape index (κ1) is 17.0. The molecule has 0 radical (unpaired) electrons. The van der Waals surface area contributed by atoms with Crippen LogP contribution in [0.4, 0.5) is 13.2 Å². The first-order chi connectivity index (χ1) is 11.3. The first-order valence-electron chi connectivity index (χ1n) is 7.41. The number of aliphatic hydroxyl groups is 1. The van der Waals surface area contributed by atoms with Crippen LogP contribution in [0.2, 0.25) is 5.02 Å². The summed E-state index contributed by atoms with van der Waals surface area (Å²) in [4.78, 5) is 12.0. The maximum atomic E-state index is 12.6. The van der Waals surface area contributed by atoms with Crippen molar-refractivity contribution in [1.29, 1.82) is 0 Å². The number of hydrogen-bond acceptors (Lipinski definition) is 2. The van der Waals surface area contributed by atoms with Crippen LogP contribution < -0.4 is 0 Å². The molecular weight excluding hydrogens is 341 g/mol. The van der Waals surface area contributed by atoms with Crippen LogP contribution in [-0.4, -0.2) is 10.9 Å². The lowest BCUT2D eigenvalue weighted by Crippen LogP contribution is -2.39. The molecule has 126 valence electrons. The van der Waals surface area contributed by atoms with E-state index in [-0.39, 0.29) is 11.7 Å². The molecule has 2 nitrogen and oxygen atoms in total. The minimum atomic E-state index is -4.43. The van der Waals surface area contributed by atoms with Gasteiger partial charge in [-0.05, 0) is 35.4 Å². The van der Waals surface area contributed by atoms with Gasteiger partial charge in [0.1, 0.15) is 5.78 Å². The average molecular weight is 355 g/mol. The molecule has 1 saturated carbocycles. The van der Waals surface area contributed by atoms with Crippen LogP contribution in [0.25, 0.3) is 0 Å². The van der Waals surface area contributed by atoms with Gasteiger partial charge in [0.25, 0.3) is 0 Å². The number of carbonyl (C=O) groups excluding carboxylic acids is 1. The molecule has 3 rings (SSSR count). The molecule has 0 aliphatic heterocycles. The Kier molecular flexibility index (Phi) is 4.40. The summed E-state index contributed by atoms with van der Waals surface area (Å²) in [5.41, 5.74) is 0.405. The van der Waals surface area contributed by atoms with Crippen LogP contribution in [0.15, 0.2) is 48.5 Å². The predicted octanol–water partition coefficient (Wildman–Crippen LogP) is 4.77. The van der Waals surface area contributed by atoms with E-state index in [1.54, 1.807) is 24.3 Å². The Balaban J connectivity index is 1.81. The third-order valence-corrected chi connectivity index (χ3v) is 4.70. The Morgan fingerprint density at radius 3 is 2.12 bits per heavy atom. The quantitative estimate of drug-likeness (QED) is 0.862. The Morgan fingerprint density at radius 1 is 1.04 bits per heavy atom. The summed E-state index contributed by atoms with van der Waals surface area (Å²) < 4.78 is 37.8. The fourth-order valence-electron chi connectivity index (χ4n) is 3.05. The number of halogens is 4. The smallest absolute Gasteiger partial charge is 0.388 e. The van der Waals surface area contributed by atoms with Crippen LogP contribution in [-0.2, 0) is 11.0 Å². The number of alkyl halides is 3. The van der Waals surface area contributed by atoms with E-state index < -0.39 is 23.8 Å². The number of ketones is 1. The van der Waals surface area contributed by atoms with E-state index in [4.69, 9.17) is 11.6 Å². The van der Waals surface area contributed by atoms with E-state index in [2.05, 4.69) is 0 Å². The van der Waals surface area contributed by atoms with Gasteiger partial charge < -0.3 is 5.11 Å². The Morgan fingerprint density at radius 2 is 1.62 bits per heavy atom. The van der Waals surface area contributed by atoms with Crippen molar-refractivity contribution >= 4 is 17.4 Å². The summed E-state index contributed by atoms with van der Waals surface area (Å²) in [5, 5.41) is 11.0. The highest BCUT2D eigenvalue weighted by atomic mass is 35.5. The maximum absolute atomic E-state index is 12.6. The third-order valence-electron chi connectivity index (χ3n) is 4.44. The van der Waals surface area contributed by atoms with Gasteiger partial charge in [-0.3, -0.25) is 4.79 Å². The number of benzene rings is 2. The van der Waals surface area contributed by atoms with E-state index in [1.807, 2.05) is 0 Å². The standard InChI is InChI=1S/C18H14ClF3O2/c19-13-7-3-10(4-8-13)14-9-15(23)16(14)17(24)11-1-5-12(6-2-11)18(20,21)22/h1-8,14,16-17,24H,9H2/t14-,16-,17+/m1/s1. The van der Waals surface area contributed by atoms with Crippen LogP contribution >= 0.6 is 11.6 Å². The van der Waals surface area contributed by atoms with Crippen LogP contribution in [0.3, 0.4) is 0 Å². The minimum Gasteiger partial charge on any atom is -0.388 e. The molecular formula is C18H14ClF3O2. The van der Waals surface area contributed by atoms with Gasteiger partial charge in [-0.15, -0.1) is 0 Å². The molecule has 6 heteroatoms. The Labute approximate surface area is 141 Å². The van der Waals surface area contributed by atoms with Gasteiger partial charge in [0, 0.05) is 17.4 Å². The van der Waals surface area contributed by atoms with Crippen molar-refractivity contribution in [2.75, 3.05) is 0 Å². The van der Waals surface area contributed by atoms with Gasteiger partial charge in [-0.2, -0.15) is 13.2 Å². The molecule has 1 fully saturated rings. The third kappa shape index (κ3) is 3.19. The number of rotatable bonds is 3. The van der Waals surface area contributed by atoms with Crippen molar-refractivity contribution in [1.82, 2.24) is 0 Å². The normalized spacial score (nSPS) is 22.1. The highest BCUT2D eigenvalue weighted by Crippen LogP contribution is 2.46. The monoisotopic (exact) mass is 354 g/mol. The average Bonchev–Trinajstić information content (AvgIpc) is 2.53. The largest absolute Gasteiger partial charge is 0.416 e. The molecule has 0 amide bonds. The molecule has 0 bridgehead atoms. The van der Waals surface area contributed by atoms with Crippen molar-refractivity contribution in [3.8, 4) is 0 Å². The second-order valence-corrected chi connectivity index (χ2v) is 6.36. The van der Waals surface area contributed by atoms with Crippen LogP contribution in [0, 0.1) is 5.92 Å². The first-order valence-corrected chi connectivity index (χ1v) is 7.78. The summed E-state index contributed by atoms with van der Waals surface area (Å²) in [6, 6.07) is 11.3. The molecule has 2 aromatic rings. The van der Waals surface area contributed by atoms with Gasteiger partial charge in [-0.25, -0.2) is 0 Å². The molecule has 1 aliphatic carbocycles. The van der Waals surface area contributed by atoms with E-state index in [0.717, 1.165) is 17.7 Å². The molecule has 3 atom stereocenters. The number of hydrogen-bond donors (Lipinski definition) is 1. The van der Waals surface area contributed by atoms with E-state index in [9.17, 15) is 23.1 Å². The summed E-state index contributed by atoms with van der Waals surface area (Å²) >= 11 is 5.84. The van der Waals surface area contributed by atoms with Crippen LogP contribution in [0.1, 0.15) is 35.1 Å². The minimum absolute atomic E-state index is 0.0950. The molecule has 0 spiro atoms. The molecule has 1 aliphatic rings. The zero-order valence-electron chi connectivity index (χ0n) is 12.4. The second-order valence-electron chi connectivity index (χ2n) is 5.92. The predicted molar refractivity (Wildman–Crippen MR) is 83.7 cm³/mol. The SMILES string of the molecule is O=C1C[C@H](c2ccc(Cl)cc2)[C@H]1[C@@H](O)c1ccc(C(F)(F)F)cc1. The van der Waals surface area contributed by atoms with Crippen molar-refractivity contribution in [2.24, 2.45) is 5.92 Å². The van der Waals surface area contributed by atoms with Crippen molar-refractivity contribution in [3.05, 3.63) is 70.2 Å². The van der Waals surface area contributed by atoms with Gasteiger partial charge >= 0.3 is 6.18 Å². The van der Waals surface area contributed by atoms with Crippen molar-refractivity contribution < 1.29 is 23.1 Å². The van der Waals surface area contributed by atoms with Crippen molar-refractivity contribution in [2.45, 2.75) is 24.6 Å². The van der Waals surface area contributed by atoms with Gasteiger partial charge in [0.2, 0.25) is 0 Å². The second kappa shape index (κ2) is 6.22. The summed E-state index contributed by atoms with van der Waals surface area (Å²) in [7, 11) is 0. The highest BCUT2D eigenvalue weighted by Gasteiger charge is 2.45. The van der Waals surface area contributed by atoms with E-state index in [1.165, 1.54) is 12.1 Å². The lowest BCUT2D eigenvalue weighted by atomic mass is 9.65. The number of carbonyl (C=O) groups is 1. The zero-order valence-corrected chi connectivity index (χ0v) is 13.2. The fourth-order valence-corrected chi connectivity index (χ4v) is 3.18. The molecule has 0 heterocycles. The molecule has 0 unspecified atom stereocenters. The van der Waals surface area contributed by atoms with Gasteiger partial charge in [0.05, 0.1) is 17.6 Å². The Bertz CT molecular complexity index is 738. The number of Topliss-reactive ketones (excluding diaryl/α,β-unsaturated/α-hetero) is 1. The van der Waals surface area contributed by atoms with Gasteiger partial charge in [0.15, 0.2) is 0 Å². The summed E-state index contributed by atoms with van der Waals surface area (Å²) in [5.74, 6) is -0.905. The lowest BCUT2D eigenvalue weighted by molar-refractivity contribution is -0.138. The summed E-state index contributed by atoms with van der Waals surface area (Å²) in [6.07, 6.45) is -5.25.